The van der Waals surface area contributed by atoms with Crippen molar-refractivity contribution in [3.63, 3.8) is 0 Å². The van der Waals surface area contributed by atoms with Crippen LogP contribution < -0.4 is 5.32 Å². The Morgan fingerprint density at radius 2 is 2.23 bits per heavy atom. The number of piperidine rings is 1. The SMILES string of the molecule is CCOC(=O)C#CC1CCNCC1. The third-order valence-corrected chi connectivity index (χ3v) is 1.99. The molecule has 13 heavy (non-hydrogen) atoms. The Bertz CT molecular complexity index is 221. The molecule has 0 aromatic rings. The Morgan fingerprint density at radius 3 is 2.85 bits per heavy atom. The summed E-state index contributed by atoms with van der Waals surface area (Å²) in [5.74, 6) is 5.42. The lowest BCUT2D eigenvalue weighted by atomic mass is 9.99. The normalized spacial score (nSPS) is 17.3. The van der Waals surface area contributed by atoms with Gasteiger partial charge < -0.3 is 10.1 Å². The lowest BCUT2D eigenvalue weighted by molar-refractivity contribution is -0.136. The minimum absolute atomic E-state index is 0.366. The van der Waals surface area contributed by atoms with Crippen LogP contribution in [-0.4, -0.2) is 25.7 Å². The van der Waals surface area contributed by atoms with Gasteiger partial charge in [-0.2, -0.15) is 0 Å². The zero-order chi connectivity index (χ0) is 9.52. The van der Waals surface area contributed by atoms with Crippen molar-refractivity contribution in [3.05, 3.63) is 0 Å². The molecule has 72 valence electrons. The molecule has 1 heterocycles. The maximum absolute atomic E-state index is 10.9. The maximum atomic E-state index is 10.9. The minimum Gasteiger partial charge on any atom is -0.456 e. The molecule has 0 amide bonds. The first-order valence-electron chi connectivity index (χ1n) is 4.72. The van der Waals surface area contributed by atoms with Gasteiger partial charge in [0.2, 0.25) is 0 Å². The van der Waals surface area contributed by atoms with Crippen molar-refractivity contribution >= 4 is 5.97 Å². The third kappa shape index (κ3) is 3.95. The number of rotatable bonds is 1. The van der Waals surface area contributed by atoms with E-state index in [2.05, 4.69) is 17.2 Å². The molecule has 1 saturated heterocycles. The molecule has 3 heteroatoms. The summed E-state index contributed by atoms with van der Waals surface area (Å²) in [7, 11) is 0. The summed E-state index contributed by atoms with van der Waals surface area (Å²) < 4.78 is 4.70. The first kappa shape index (κ1) is 10.1. The Kier molecular flexibility index (Phi) is 4.34. The molecule has 1 N–H and O–H groups in total. The zero-order valence-electron chi connectivity index (χ0n) is 7.93. The molecule has 1 rings (SSSR count). The fourth-order valence-electron chi connectivity index (χ4n) is 1.29. The lowest BCUT2D eigenvalue weighted by Crippen LogP contribution is -2.27. The summed E-state index contributed by atoms with van der Waals surface area (Å²) in [5, 5.41) is 3.24. The van der Waals surface area contributed by atoms with Crippen LogP contribution in [-0.2, 0) is 9.53 Å². The van der Waals surface area contributed by atoms with E-state index in [1.54, 1.807) is 6.92 Å². The van der Waals surface area contributed by atoms with Gasteiger partial charge in [0.25, 0.3) is 0 Å². The van der Waals surface area contributed by atoms with Crippen molar-refractivity contribution in [3.8, 4) is 11.8 Å². The fraction of sp³-hybridized carbons (Fsp3) is 0.700. The summed E-state index contributed by atoms with van der Waals surface area (Å²) in [6.45, 7) is 4.19. The quantitative estimate of drug-likeness (QED) is 0.365. The molecule has 0 aromatic heterocycles. The summed E-state index contributed by atoms with van der Waals surface area (Å²) in [5.41, 5.74) is 0. The van der Waals surface area contributed by atoms with Crippen LogP contribution in [0.25, 0.3) is 0 Å². The summed E-state index contributed by atoms with van der Waals surface area (Å²) in [4.78, 5) is 10.9. The topological polar surface area (TPSA) is 38.3 Å². The number of esters is 1. The van der Waals surface area contributed by atoms with Crippen LogP contribution in [0.1, 0.15) is 19.8 Å². The fourth-order valence-corrected chi connectivity index (χ4v) is 1.29. The van der Waals surface area contributed by atoms with E-state index in [-0.39, 0.29) is 0 Å². The molecule has 0 bridgehead atoms. The first-order chi connectivity index (χ1) is 6.33. The predicted octanol–water partition coefficient (Wildman–Crippen LogP) is 0.552. The van der Waals surface area contributed by atoms with E-state index in [0.29, 0.717) is 12.5 Å². The highest BCUT2D eigenvalue weighted by Gasteiger charge is 2.09. The average Bonchev–Trinajstić information content (AvgIpc) is 2.17. The van der Waals surface area contributed by atoms with Crippen LogP contribution in [0.2, 0.25) is 0 Å². The van der Waals surface area contributed by atoms with Gasteiger partial charge in [0.05, 0.1) is 6.61 Å². The van der Waals surface area contributed by atoms with Crippen molar-refractivity contribution in [2.24, 2.45) is 5.92 Å². The van der Waals surface area contributed by atoms with Gasteiger partial charge >= 0.3 is 5.97 Å². The van der Waals surface area contributed by atoms with Crippen molar-refractivity contribution in [2.45, 2.75) is 19.8 Å². The molecule has 1 aliphatic rings. The number of hydrogen-bond donors (Lipinski definition) is 1. The summed E-state index contributed by atoms with van der Waals surface area (Å²) >= 11 is 0. The van der Waals surface area contributed by atoms with Crippen LogP contribution in [0.4, 0.5) is 0 Å². The third-order valence-electron chi connectivity index (χ3n) is 1.99. The van der Waals surface area contributed by atoms with Crippen molar-refractivity contribution < 1.29 is 9.53 Å². The monoisotopic (exact) mass is 181 g/mol. The van der Waals surface area contributed by atoms with Crippen molar-refractivity contribution in [1.82, 2.24) is 5.32 Å². The smallest absolute Gasteiger partial charge is 0.384 e. The number of nitrogens with one attached hydrogen (secondary N) is 1. The Balaban J connectivity index is 2.31. The number of hydrogen-bond acceptors (Lipinski definition) is 3. The molecule has 3 nitrogen and oxygen atoms in total. The zero-order valence-corrected chi connectivity index (χ0v) is 7.93. The largest absolute Gasteiger partial charge is 0.456 e. The molecule has 0 aliphatic carbocycles. The molecular formula is C10H15NO2. The van der Waals surface area contributed by atoms with Crippen LogP contribution in [0.3, 0.4) is 0 Å². The Hall–Kier alpha value is -1.01. The summed E-state index contributed by atoms with van der Waals surface area (Å²) in [6.07, 6.45) is 2.07. The van der Waals surface area contributed by atoms with Crippen molar-refractivity contribution in [2.75, 3.05) is 19.7 Å². The summed E-state index contributed by atoms with van der Waals surface area (Å²) in [6, 6.07) is 0. The number of carbonyl (C=O) groups is 1. The van der Waals surface area contributed by atoms with Crippen molar-refractivity contribution in [1.29, 1.82) is 0 Å². The average molecular weight is 181 g/mol. The highest BCUT2D eigenvalue weighted by Crippen LogP contribution is 2.09. The molecule has 0 aromatic carbocycles. The van der Waals surface area contributed by atoms with E-state index in [1.807, 2.05) is 0 Å². The highest BCUT2D eigenvalue weighted by atomic mass is 16.5. The molecule has 0 spiro atoms. The van der Waals surface area contributed by atoms with Gasteiger partial charge in [0.15, 0.2) is 0 Å². The lowest BCUT2D eigenvalue weighted by Gasteiger charge is -2.16. The number of ether oxygens (including phenoxy) is 1. The van der Waals surface area contributed by atoms with E-state index in [4.69, 9.17) is 4.74 Å². The second-order valence-corrected chi connectivity index (χ2v) is 3.01. The Morgan fingerprint density at radius 1 is 1.54 bits per heavy atom. The van der Waals surface area contributed by atoms with Crippen LogP contribution in [0.5, 0.6) is 0 Å². The van der Waals surface area contributed by atoms with Crippen LogP contribution in [0, 0.1) is 17.8 Å². The molecule has 1 aliphatic heterocycles. The molecule has 0 atom stereocenters. The molecule has 0 unspecified atom stereocenters. The van der Waals surface area contributed by atoms with Crippen LogP contribution >= 0.6 is 0 Å². The van der Waals surface area contributed by atoms with E-state index < -0.39 is 5.97 Å². The van der Waals surface area contributed by atoms with E-state index in [0.717, 1.165) is 25.9 Å². The van der Waals surface area contributed by atoms with Gasteiger partial charge in [0, 0.05) is 11.8 Å². The van der Waals surface area contributed by atoms with E-state index in [9.17, 15) is 4.79 Å². The van der Waals surface area contributed by atoms with Gasteiger partial charge in [-0.1, -0.05) is 5.92 Å². The molecular weight excluding hydrogens is 166 g/mol. The first-order valence-corrected chi connectivity index (χ1v) is 4.72. The second kappa shape index (κ2) is 5.60. The maximum Gasteiger partial charge on any atom is 0.384 e. The standard InChI is InChI=1S/C10H15NO2/c1-2-13-10(12)4-3-9-5-7-11-8-6-9/h9,11H,2,5-8H2,1H3. The highest BCUT2D eigenvalue weighted by molar-refractivity contribution is 5.88. The van der Waals surface area contributed by atoms with E-state index >= 15 is 0 Å². The second-order valence-electron chi connectivity index (χ2n) is 3.01. The van der Waals surface area contributed by atoms with Gasteiger partial charge in [-0.05, 0) is 32.9 Å². The van der Waals surface area contributed by atoms with Crippen LogP contribution in [0.15, 0.2) is 0 Å². The van der Waals surface area contributed by atoms with Gasteiger partial charge in [-0.3, -0.25) is 0 Å². The minimum atomic E-state index is -0.402. The predicted molar refractivity (Wildman–Crippen MR) is 50.0 cm³/mol. The van der Waals surface area contributed by atoms with E-state index in [1.165, 1.54) is 0 Å². The molecule has 0 saturated carbocycles. The molecule has 0 radical (unpaired) electrons. The van der Waals surface area contributed by atoms with Gasteiger partial charge in [-0.25, -0.2) is 4.79 Å². The number of carbonyl (C=O) groups excluding carboxylic acids is 1. The Labute approximate surface area is 78.8 Å². The van der Waals surface area contributed by atoms with Gasteiger partial charge in [-0.15, -0.1) is 0 Å². The van der Waals surface area contributed by atoms with Gasteiger partial charge in [0.1, 0.15) is 0 Å². The molecule has 1 fully saturated rings.